The van der Waals surface area contributed by atoms with Crippen molar-refractivity contribution in [1.82, 2.24) is 0 Å². The number of benzene rings is 3. The van der Waals surface area contributed by atoms with Gasteiger partial charge < -0.3 is 0 Å². The summed E-state index contributed by atoms with van der Waals surface area (Å²) in [6.07, 6.45) is 3.44. The molecule has 1 saturated carbocycles. The van der Waals surface area contributed by atoms with Crippen LogP contribution < -0.4 is 0 Å². The smallest absolute Gasteiger partial charge is 0.168 e. The zero-order valence-electron chi connectivity index (χ0n) is 26.6. The van der Waals surface area contributed by atoms with E-state index in [-0.39, 0.29) is 27.9 Å². The Morgan fingerprint density at radius 3 is 1.60 bits per heavy atom. The van der Waals surface area contributed by atoms with Crippen molar-refractivity contribution in [2.45, 2.75) is 101 Å². The van der Waals surface area contributed by atoms with Crippen LogP contribution in [0, 0.1) is 11.3 Å². The fraction of sp³-hybridized carbons (Fsp3) is 0.462. The van der Waals surface area contributed by atoms with Crippen LogP contribution in [-0.4, -0.2) is 19.5 Å². The fourth-order valence-electron chi connectivity index (χ4n) is 8.19. The third kappa shape index (κ3) is 4.25. The molecule has 0 amide bonds. The van der Waals surface area contributed by atoms with Crippen LogP contribution in [-0.2, 0) is 34.5 Å². The molecule has 220 valence electrons. The molecule has 6 rings (SSSR count). The van der Waals surface area contributed by atoms with Crippen molar-refractivity contribution in [2.75, 3.05) is 0 Å². The quantitative estimate of drug-likeness (QED) is 0.216. The van der Waals surface area contributed by atoms with E-state index in [9.17, 15) is 9.00 Å². The Labute approximate surface area is 255 Å². The third-order valence-corrected chi connectivity index (χ3v) is 13.5. The van der Waals surface area contributed by atoms with E-state index in [1.54, 1.807) is 0 Å². The first-order valence-corrected chi connectivity index (χ1v) is 16.7. The van der Waals surface area contributed by atoms with E-state index in [1.165, 1.54) is 33.4 Å². The normalized spacial score (nSPS) is 28.0. The molecular weight excluding hydrogens is 532 g/mol. The van der Waals surface area contributed by atoms with Gasteiger partial charge in [0.15, 0.2) is 5.78 Å². The van der Waals surface area contributed by atoms with Crippen molar-refractivity contribution in [3.63, 3.8) is 0 Å². The van der Waals surface area contributed by atoms with E-state index in [2.05, 4.69) is 104 Å². The first-order valence-electron chi connectivity index (χ1n) is 15.6. The average Bonchev–Trinajstić information content (AvgIpc) is 3.70. The molecule has 0 N–H and O–H groups in total. The SMILES string of the molecule is CC(C)(C)c1ccc(CC2=C(Cc3ccc(C(C)(C)C)cc3)[C@@]3(C)S(=O)C2(C)C(C(=O)c2ccccc2)C32CC2)cc1. The molecule has 42 heavy (non-hydrogen) atoms. The van der Waals surface area contributed by atoms with E-state index in [0.717, 1.165) is 31.2 Å². The van der Waals surface area contributed by atoms with Gasteiger partial charge in [0.05, 0.1) is 15.4 Å². The number of Topliss-reactive ketones (excluding diaryl/α,β-unsaturated/α-hetero) is 1. The van der Waals surface area contributed by atoms with E-state index in [0.29, 0.717) is 0 Å². The van der Waals surface area contributed by atoms with Gasteiger partial charge in [0.25, 0.3) is 0 Å². The Bertz CT molecular complexity index is 1580. The first-order chi connectivity index (χ1) is 19.6. The summed E-state index contributed by atoms with van der Waals surface area (Å²) < 4.78 is 13.7. The van der Waals surface area contributed by atoms with E-state index < -0.39 is 20.3 Å². The first kappa shape index (κ1) is 29.3. The molecule has 3 unspecified atom stereocenters. The molecule has 0 aromatic heterocycles. The lowest BCUT2D eigenvalue weighted by atomic mass is 9.59. The number of ketones is 1. The average molecular weight is 579 g/mol. The largest absolute Gasteiger partial charge is 0.294 e. The topological polar surface area (TPSA) is 34.1 Å². The second kappa shape index (κ2) is 9.61. The summed E-state index contributed by atoms with van der Waals surface area (Å²) in [5.41, 5.74) is 8.36. The molecule has 2 heterocycles. The molecule has 3 aliphatic rings. The van der Waals surface area contributed by atoms with E-state index in [1.807, 2.05) is 30.3 Å². The second-order valence-electron chi connectivity index (χ2n) is 15.4. The summed E-state index contributed by atoms with van der Waals surface area (Å²) in [7, 11) is -1.20. The summed E-state index contributed by atoms with van der Waals surface area (Å²) in [5.74, 6) is -0.101. The summed E-state index contributed by atoms with van der Waals surface area (Å²) in [4.78, 5) is 14.4. The minimum absolute atomic E-state index is 0.0844. The van der Waals surface area contributed by atoms with Crippen molar-refractivity contribution < 1.29 is 9.00 Å². The Morgan fingerprint density at radius 1 is 0.714 bits per heavy atom. The maximum atomic E-state index is 14.9. The number of rotatable bonds is 6. The van der Waals surface area contributed by atoms with Crippen LogP contribution in [0.4, 0.5) is 0 Å². The van der Waals surface area contributed by atoms with Gasteiger partial charge in [0, 0.05) is 21.8 Å². The maximum absolute atomic E-state index is 14.9. The van der Waals surface area contributed by atoms with E-state index in [4.69, 9.17) is 0 Å². The molecule has 1 aliphatic carbocycles. The molecule has 1 spiro atoms. The molecule has 2 nitrogen and oxygen atoms in total. The molecular formula is C39H46O2S. The van der Waals surface area contributed by atoms with Crippen molar-refractivity contribution in [3.05, 3.63) is 118 Å². The predicted molar refractivity (Wildman–Crippen MR) is 176 cm³/mol. The van der Waals surface area contributed by atoms with Gasteiger partial charge >= 0.3 is 0 Å². The van der Waals surface area contributed by atoms with Crippen LogP contribution >= 0.6 is 0 Å². The van der Waals surface area contributed by atoms with Gasteiger partial charge in [-0.2, -0.15) is 0 Å². The number of hydrogen-bond acceptors (Lipinski definition) is 2. The summed E-state index contributed by atoms with van der Waals surface area (Å²) in [5, 5.41) is 0. The third-order valence-electron chi connectivity index (χ3n) is 10.9. The predicted octanol–water partition coefficient (Wildman–Crippen LogP) is 8.94. The minimum atomic E-state index is -1.20. The van der Waals surface area contributed by atoms with Gasteiger partial charge in [0.1, 0.15) is 0 Å². The Balaban J connectivity index is 1.49. The highest BCUT2D eigenvalue weighted by atomic mass is 32.2. The highest BCUT2D eigenvalue weighted by Gasteiger charge is 2.82. The Hall–Kier alpha value is -2.78. The van der Waals surface area contributed by atoms with Crippen LogP contribution in [0.5, 0.6) is 0 Å². The Kier molecular flexibility index (Phi) is 6.71. The highest BCUT2D eigenvalue weighted by Crippen LogP contribution is 2.78. The summed E-state index contributed by atoms with van der Waals surface area (Å²) in [6, 6.07) is 27.7. The lowest BCUT2D eigenvalue weighted by Gasteiger charge is -2.41. The molecule has 3 aromatic rings. The van der Waals surface area contributed by atoms with Crippen molar-refractivity contribution in [2.24, 2.45) is 11.3 Å². The number of fused-ring (bicyclic) bond motifs is 3. The molecule has 2 aliphatic heterocycles. The summed E-state index contributed by atoms with van der Waals surface area (Å²) in [6.45, 7) is 17.9. The van der Waals surface area contributed by atoms with Crippen LogP contribution in [0.15, 0.2) is 90.0 Å². The number of hydrogen-bond donors (Lipinski definition) is 0. The molecule has 2 bridgehead atoms. The number of carbonyl (C=O) groups excluding carboxylic acids is 1. The zero-order valence-corrected chi connectivity index (χ0v) is 27.5. The molecule has 1 saturated heterocycles. The minimum Gasteiger partial charge on any atom is -0.294 e. The van der Waals surface area contributed by atoms with Crippen molar-refractivity contribution >= 4 is 16.6 Å². The molecule has 2 fully saturated rings. The lowest BCUT2D eigenvalue weighted by molar-refractivity contribution is 0.0814. The molecule has 0 radical (unpaired) electrons. The molecule has 3 heteroatoms. The standard InChI is InChI=1S/C39H46O2S/c1-35(2,3)29-18-14-26(15-19-29)24-31-32(25-27-16-20-30(21-17-27)36(4,5)6)38(8)39(22-23-39)34(37(31,7)42(38)41)33(40)28-12-10-9-11-13-28/h9-21,34H,22-25H2,1-8H3/t34?,37?,38-,42?/m1/s1. The van der Waals surface area contributed by atoms with Crippen LogP contribution in [0.1, 0.15) is 101 Å². The Morgan fingerprint density at radius 2 is 1.17 bits per heavy atom. The lowest BCUT2D eigenvalue weighted by Crippen LogP contribution is -2.47. The molecule has 4 atom stereocenters. The highest BCUT2D eigenvalue weighted by molar-refractivity contribution is 7.89. The van der Waals surface area contributed by atoms with Crippen LogP contribution in [0.25, 0.3) is 0 Å². The summed E-state index contributed by atoms with van der Waals surface area (Å²) >= 11 is 0. The van der Waals surface area contributed by atoms with Gasteiger partial charge in [-0.05, 0) is 83.8 Å². The van der Waals surface area contributed by atoms with E-state index >= 15 is 0 Å². The van der Waals surface area contributed by atoms with Crippen molar-refractivity contribution in [3.8, 4) is 0 Å². The maximum Gasteiger partial charge on any atom is 0.168 e. The van der Waals surface area contributed by atoms with Gasteiger partial charge in [-0.15, -0.1) is 0 Å². The van der Waals surface area contributed by atoms with Gasteiger partial charge in [-0.25, -0.2) is 0 Å². The number of carbonyl (C=O) groups is 1. The van der Waals surface area contributed by atoms with Gasteiger partial charge in [-0.1, -0.05) is 120 Å². The van der Waals surface area contributed by atoms with Gasteiger partial charge in [0.2, 0.25) is 0 Å². The second-order valence-corrected chi connectivity index (χ2v) is 17.6. The fourth-order valence-corrected chi connectivity index (χ4v) is 11.1. The van der Waals surface area contributed by atoms with Crippen LogP contribution in [0.2, 0.25) is 0 Å². The molecule has 3 aromatic carbocycles. The van der Waals surface area contributed by atoms with Crippen LogP contribution in [0.3, 0.4) is 0 Å². The zero-order chi connectivity index (χ0) is 30.3. The monoisotopic (exact) mass is 578 g/mol. The van der Waals surface area contributed by atoms with Gasteiger partial charge in [-0.3, -0.25) is 9.00 Å². The van der Waals surface area contributed by atoms with Crippen molar-refractivity contribution in [1.29, 1.82) is 0 Å².